The molecule has 1 aromatic rings. The largest absolute Gasteiger partial charge is 0.397 e. The van der Waals surface area contributed by atoms with Crippen LogP contribution in [-0.2, 0) is 6.42 Å². The van der Waals surface area contributed by atoms with E-state index in [0.29, 0.717) is 11.3 Å². The number of nitro groups is 1. The minimum Gasteiger partial charge on any atom is -0.397 e. The number of hydrogen-bond donors (Lipinski definition) is 6. The number of anilines is 3. The van der Waals surface area contributed by atoms with E-state index in [1.807, 2.05) is 0 Å². The fourth-order valence-corrected chi connectivity index (χ4v) is 2.00. The molecule has 0 atom stereocenters. The lowest BCUT2D eigenvalue weighted by atomic mass is 10.0. The molecular formula is C12H20N4O5. The lowest BCUT2D eigenvalue weighted by Gasteiger charge is -2.17. The number of benzene rings is 1. The highest BCUT2D eigenvalue weighted by Crippen LogP contribution is 2.40. The molecular weight excluding hydrogens is 280 g/mol. The summed E-state index contributed by atoms with van der Waals surface area (Å²) in [5, 5.41) is 43.7. The van der Waals surface area contributed by atoms with Crippen molar-refractivity contribution in [2.45, 2.75) is 6.42 Å². The number of aliphatic hydroxyl groups is 3. The summed E-state index contributed by atoms with van der Waals surface area (Å²) in [5.74, 6) is 0. The summed E-state index contributed by atoms with van der Waals surface area (Å²) in [6.45, 7) is -0.333. The van der Waals surface area contributed by atoms with Crippen LogP contribution in [0.2, 0.25) is 0 Å². The molecule has 0 aliphatic carbocycles. The third-order valence-electron chi connectivity index (χ3n) is 2.80. The molecule has 0 unspecified atom stereocenters. The van der Waals surface area contributed by atoms with E-state index in [-0.39, 0.29) is 56.4 Å². The van der Waals surface area contributed by atoms with Crippen LogP contribution in [0, 0.1) is 10.1 Å². The number of aliphatic hydroxyl groups excluding tert-OH is 3. The minimum atomic E-state index is -0.561. The molecule has 1 rings (SSSR count). The Labute approximate surface area is 121 Å². The van der Waals surface area contributed by atoms with Crippen molar-refractivity contribution in [2.24, 2.45) is 0 Å². The summed E-state index contributed by atoms with van der Waals surface area (Å²) < 4.78 is 0. The van der Waals surface area contributed by atoms with E-state index in [4.69, 9.17) is 21.1 Å². The number of rotatable bonds is 9. The number of nitrogens with two attached hydrogens (primary N) is 1. The van der Waals surface area contributed by atoms with Gasteiger partial charge in [0, 0.05) is 31.7 Å². The molecule has 0 aromatic heterocycles. The molecule has 0 radical (unpaired) electrons. The van der Waals surface area contributed by atoms with Crippen LogP contribution >= 0.6 is 0 Å². The van der Waals surface area contributed by atoms with Crippen molar-refractivity contribution < 1.29 is 20.2 Å². The molecule has 7 N–H and O–H groups in total. The first-order chi connectivity index (χ1) is 10.1. The SMILES string of the molecule is Nc1cc(CCO)c([N+](=O)[O-])c(NCCO)c1NCCO. The maximum absolute atomic E-state index is 11.3. The molecule has 118 valence electrons. The van der Waals surface area contributed by atoms with Crippen LogP contribution < -0.4 is 16.4 Å². The van der Waals surface area contributed by atoms with Crippen LogP contribution in [0.15, 0.2) is 6.07 Å². The van der Waals surface area contributed by atoms with Gasteiger partial charge in [0.1, 0.15) is 5.69 Å². The normalized spacial score (nSPS) is 10.4. The van der Waals surface area contributed by atoms with E-state index in [2.05, 4.69) is 10.6 Å². The van der Waals surface area contributed by atoms with E-state index in [1.165, 1.54) is 6.07 Å². The van der Waals surface area contributed by atoms with Gasteiger partial charge in [-0.3, -0.25) is 10.1 Å². The van der Waals surface area contributed by atoms with Crippen molar-refractivity contribution in [3.05, 3.63) is 21.7 Å². The molecule has 0 aliphatic heterocycles. The highest BCUT2D eigenvalue weighted by Gasteiger charge is 2.25. The van der Waals surface area contributed by atoms with Crippen molar-refractivity contribution in [3.63, 3.8) is 0 Å². The fourth-order valence-electron chi connectivity index (χ4n) is 2.00. The van der Waals surface area contributed by atoms with Gasteiger partial charge < -0.3 is 31.7 Å². The first kappa shape index (κ1) is 17.0. The summed E-state index contributed by atoms with van der Waals surface area (Å²) in [6.07, 6.45) is 0.0919. The molecule has 0 amide bonds. The Morgan fingerprint density at radius 3 is 2.14 bits per heavy atom. The zero-order valence-corrected chi connectivity index (χ0v) is 11.5. The first-order valence-corrected chi connectivity index (χ1v) is 6.46. The van der Waals surface area contributed by atoms with Gasteiger partial charge in [-0.25, -0.2) is 0 Å². The van der Waals surface area contributed by atoms with Crippen molar-refractivity contribution in [1.29, 1.82) is 0 Å². The van der Waals surface area contributed by atoms with Crippen LogP contribution in [0.25, 0.3) is 0 Å². The molecule has 9 nitrogen and oxygen atoms in total. The smallest absolute Gasteiger partial charge is 0.297 e. The highest BCUT2D eigenvalue weighted by molar-refractivity contribution is 5.89. The lowest BCUT2D eigenvalue weighted by Crippen LogP contribution is -2.15. The predicted octanol–water partition coefficient (Wildman–Crippen LogP) is -0.480. The number of hydrogen-bond acceptors (Lipinski definition) is 8. The topological polar surface area (TPSA) is 154 Å². The van der Waals surface area contributed by atoms with Gasteiger partial charge in [0.05, 0.1) is 29.5 Å². The van der Waals surface area contributed by atoms with E-state index in [9.17, 15) is 10.1 Å². The van der Waals surface area contributed by atoms with Gasteiger partial charge in [0.15, 0.2) is 0 Å². The standard InChI is InChI=1S/C12H20N4O5/c13-9-7-8(1-4-17)12(16(20)21)11(15-3-6-19)10(9)14-2-5-18/h7,14-15,17-19H,1-6,13H2. The monoisotopic (exact) mass is 300 g/mol. The second-order valence-corrected chi connectivity index (χ2v) is 4.26. The highest BCUT2D eigenvalue weighted by atomic mass is 16.6. The number of nitrogen functional groups attached to an aromatic ring is 1. The first-order valence-electron chi connectivity index (χ1n) is 6.46. The molecule has 0 saturated carbocycles. The summed E-state index contributed by atoms with van der Waals surface area (Å²) >= 11 is 0. The minimum absolute atomic E-state index is 0.0919. The molecule has 0 saturated heterocycles. The molecule has 0 heterocycles. The average molecular weight is 300 g/mol. The van der Waals surface area contributed by atoms with Gasteiger partial charge in [0.25, 0.3) is 5.69 Å². The van der Waals surface area contributed by atoms with E-state index >= 15 is 0 Å². The van der Waals surface area contributed by atoms with Gasteiger partial charge in [-0.05, 0) is 6.07 Å². The van der Waals surface area contributed by atoms with Gasteiger partial charge in [-0.2, -0.15) is 0 Å². The van der Waals surface area contributed by atoms with Crippen molar-refractivity contribution in [2.75, 3.05) is 49.3 Å². The third kappa shape index (κ3) is 4.18. The molecule has 0 fully saturated rings. The summed E-state index contributed by atoms with van der Waals surface area (Å²) in [7, 11) is 0. The maximum Gasteiger partial charge on any atom is 0.297 e. The van der Waals surface area contributed by atoms with E-state index in [1.54, 1.807) is 0 Å². The maximum atomic E-state index is 11.3. The van der Waals surface area contributed by atoms with Crippen LogP contribution in [0.1, 0.15) is 5.56 Å². The molecule has 21 heavy (non-hydrogen) atoms. The summed E-state index contributed by atoms with van der Waals surface area (Å²) in [5.41, 5.74) is 6.69. The molecule has 0 bridgehead atoms. The fraction of sp³-hybridized carbons (Fsp3) is 0.500. The Hall–Kier alpha value is -2.10. The predicted molar refractivity (Wildman–Crippen MR) is 79.4 cm³/mol. The van der Waals surface area contributed by atoms with Gasteiger partial charge in [0.2, 0.25) is 0 Å². The van der Waals surface area contributed by atoms with E-state index < -0.39 is 4.92 Å². The van der Waals surface area contributed by atoms with Crippen LogP contribution in [0.3, 0.4) is 0 Å². The molecule has 0 aliphatic rings. The van der Waals surface area contributed by atoms with Crippen molar-refractivity contribution in [3.8, 4) is 0 Å². The lowest BCUT2D eigenvalue weighted by molar-refractivity contribution is -0.384. The van der Waals surface area contributed by atoms with Crippen molar-refractivity contribution in [1.82, 2.24) is 0 Å². The number of nitro benzene ring substituents is 1. The Kier molecular flexibility index (Phi) is 6.66. The second-order valence-electron chi connectivity index (χ2n) is 4.26. The van der Waals surface area contributed by atoms with Crippen LogP contribution in [0.5, 0.6) is 0 Å². The van der Waals surface area contributed by atoms with Crippen LogP contribution in [0.4, 0.5) is 22.7 Å². The number of nitrogens with one attached hydrogen (secondary N) is 2. The zero-order chi connectivity index (χ0) is 15.8. The van der Waals surface area contributed by atoms with Gasteiger partial charge in [-0.1, -0.05) is 0 Å². The number of nitrogens with zero attached hydrogens (tertiary/aromatic N) is 1. The Morgan fingerprint density at radius 2 is 1.67 bits per heavy atom. The second kappa shape index (κ2) is 8.25. The molecule has 9 heteroatoms. The van der Waals surface area contributed by atoms with E-state index in [0.717, 1.165) is 0 Å². The van der Waals surface area contributed by atoms with Crippen molar-refractivity contribution >= 4 is 22.7 Å². The Bertz CT molecular complexity index is 495. The average Bonchev–Trinajstić information content (AvgIpc) is 2.43. The molecule has 0 spiro atoms. The van der Waals surface area contributed by atoms with Gasteiger partial charge >= 0.3 is 0 Å². The summed E-state index contributed by atoms with van der Waals surface area (Å²) in [6, 6.07) is 1.43. The Morgan fingerprint density at radius 1 is 1.10 bits per heavy atom. The van der Waals surface area contributed by atoms with Crippen LogP contribution in [-0.4, -0.2) is 53.2 Å². The third-order valence-corrected chi connectivity index (χ3v) is 2.80. The quantitative estimate of drug-likeness (QED) is 0.203. The summed E-state index contributed by atoms with van der Waals surface area (Å²) in [4.78, 5) is 10.8. The zero-order valence-electron chi connectivity index (χ0n) is 11.5. The molecule has 1 aromatic carbocycles. The Balaban J connectivity index is 3.40. The van der Waals surface area contributed by atoms with Gasteiger partial charge in [-0.15, -0.1) is 0 Å².